The summed E-state index contributed by atoms with van der Waals surface area (Å²) < 4.78 is 5.46. The number of carbonyl (C=O) groups excluding carboxylic acids is 1. The first-order valence-electron chi connectivity index (χ1n) is 6.92. The average molecular weight is 284 g/mol. The molecule has 21 heavy (non-hydrogen) atoms. The molecule has 1 amide bonds. The molecule has 0 spiro atoms. The van der Waals surface area contributed by atoms with Crippen molar-refractivity contribution in [3.05, 3.63) is 60.2 Å². The number of ether oxygens (including phenoxy) is 1. The minimum atomic E-state index is -0.0609. The van der Waals surface area contributed by atoms with Gasteiger partial charge in [-0.3, -0.25) is 4.79 Å². The molecule has 2 aromatic rings. The molecule has 0 radical (unpaired) electrons. The zero-order valence-corrected chi connectivity index (χ0v) is 12.2. The number of benzene rings is 2. The van der Waals surface area contributed by atoms with Gasteiger partial charge < -0.3 is 15.4 Å². The zero-order chi connectivity index (χ0) is 15.1. The Kier molecular flexibility index (Phi) is 5.21. The van der Waals surface area contributed by atoms with Crippen LogP contribution >= 0.6 is 0 Å². The van der Waals surface area contributed by atoms with Gasteiger partial charge in [0.05, 0.1) is 5.69 Å². The molecule has 0 heterocycles. The minimum absolute atomic E-state index is 0.000493. The Bertz CT molecular complexity index is 584. The number of anilines is 1. The van der Waals surface area contributed by atoms with Gasteiger partial charge in [-0.25, -0.2) is 0 Å². The number of amides is 1. The third-order valence-corrected chi connectivity index (χ3v) is 3.27. The molecule has 4 nitrogen and oxygen atoms in total. The fourth-order valence-corrected chi connectivity index (χ4v) is 1.93. The van der Waals surface area contributed by atoms with Crippen molar-refractivity contribution in [3.8, 4) is 5.75 Å². The molecule has 0 saturated heterocycles. The maximum atomic E-state index is 12.0. The van der Waals surface area contributed by atoms with Crippen LogP contribution in [0.2, 0.25) is 0 Å². The summed E-state index contributed by atoms with van der Waals surface area (Å²) in [7, 11) is 1.78. The largest absolute Gasteiger partial charge is 0.482 e. The number of carbonyl (C=O) groups is 1. The summed E-state index contributed by atoms with van der Waals surface area (Å²) in [6.45, 7) is 0.663. The van der Waals surface area contributed by atoms with E-state index < -0.39 is 0 Å². The summed E-state index contributed by atoms with van der Waals surface area (Å²) in [5.41, 5.74) is 7.52. The Hall–Kier alpha value is -2.49. The van der Waals surface area contributed by atoms with Crippen LogP contribution in [0.3, 0.4) is 0 Å². The van der Waals surface area contributed by atoms with Crippen molar-refractivity contribution in [3.63, 3.8) is 0 Å². The maximum absolute atomic E-state index is 12.0. The highest BCUT2D eigenvalue weighted by Crippen LogP contribution is 2.19. The van der Waals surface area contributed by atoms with Crippen LogP contribution in [0.25, 0.3) is 0 Å². The van der Waals surface area contributed by atoms with Gasteiger partial charge in [0.2, 0.25) is 0 Å². The topological polar surface area (TPSA) is 55.6 Å². The molecule has 0 saturated carbocycles. The first kappa shape index (κ1) is 14.9. The lowest BCUT2D eigenvalue weighted by Gasteiger charge is -2.17. The molecular formula is C17H20N2O2. The summed E-state index contributed by atoms with van der Waals surface area (Å²) in [4.78, 5) is 13.7. The maximum Gasteiger partial charge on any atom is 0.260 e. The molecule has 0 unspecified atom stereocenters. The zero-order valence-electron chi connectivity index (χ0n) is 12.2. The molecule has 0 aliphatic rings. The summed E-state index contributed by atoms with van der Waals surface area (Å²) in [5.74, 6) is 0.483. The van der Waals surface area contributed by atoms with Gasteiger partial charge in [-0.2, -0.15) is 0 Å². The normalized spacial score (nSPS) is 10.1. The Morgan fingerprint density at radius 1 is 1.10 bits per heavy atom. The van der Waals surface area contributed by atoms with E-state index in [1.807, 2.05) is 30.3 Å². The van der Waals surface area contributed by atoms with E-state index in [0.29, 0.717) is 18.0 Å². The van der Waals surface area contributed by atoms with Crippen LogP contribution in [0.1, 0.15) is 5.56 Å². The van der Waals surface area contributed by atoms with Crippen molar-refractivity contribution >= 4 is 11.6 Å². The van der Waals surface area contributed by atoms with Gasteiger partial charge in [-0.1, -0.05) is 42.5 Å². The standard InChI is InChI=1S/C17H20N2O2/c1-19(12-11-14-7-3-2-4-8-14)17(20)13-21-16-10-6-5-9-15(16)18/h2-10H,11-13,18H2,1H3. The van der Waals surface area contributed by atoms with Gasteiger partial charge in [0.1, 0.15) is 5.75 Å². The highest BCUT2D eigenvalue weighted by Gasteiger charge is 2.10. The van der Waals surface area contributed by atoms with Crippen LogP contribution in [-0.4, -0.2) is 31.0 Å². The lowest BCUT2D eigenvalue weighted by atomic mass is 10.1. The van der Waals surface area contributed by atoms with Crippen LogP contribution < -0.4 is 10.5 Å². The number of nitrogens with zero attached hydrogens (tertiary/aromatic N) is 1. The lowest BCUT2D eigenvalue weighted by Crippen LogP contribution is -2.33. The van der Waals surface area contributed by atoms with Crippen LogP contribution in [0.15, 0.2) is 54.6 Å². The second kappa shape index (κ2) is 7.33. The smallest absolute Gasteiger partial charge is 0.260 e. The predicted molar refractivity (Wildman–Crippen MR) is 84.1 cm³/mol. The van der Waals surface area contributed by atoms with Crippen molar-refractivity contribution in [1.29, 1.82) is 0 Å². The second-order valence-electron chi connectivity index (χ2n) is 4.88. The highest BCUT2D eigenvalue weighted by atomic mass is 16.5. The SMILES string of the molecule is CN(CCc1ccccc1)C(=O)COc1ccccc1N. The highest BCUT2D eigenvalue weighted by molar-refractivity contribution is 5.77. The fraction of sp³-hybridized carbons (Fsp3) is 0.235. The molecule has 0 aliphatic carbocycles. The van der Waals surface area contributed by atoms with Crippen LogP contribution in [0.4, 0.5) is 5.69 Å². The molecule has 0 fully saturated rings. The van der Waals surface area contributed by atoms with Crippen molar-refractivity contribution in [1.82, 2.24) is 4.90 Å². The average Bonchev–Trinajstić information content (AvgIpc) is 2.52. The van der Waals surface area contributed by atoms with Crippen LogP contribution in [0, 0.1) is 0 Å². The molecule has 2 rings (SSSR count). The minimum Gasteiger partial charge on any atom is -0.482 e. The van der Waals surface area contributed by atoms with E-state index in [4.69, 9.17) is 10.5 Å². The Morgan fingerprint density at radius 2 is 1.76 bits per heavy atom. The summed E-state index contributed by atoms with van der Waals surface area (Å²) in [6, 6.07) is 17.3. The van der Waals surface area contributed by atoms with Crippen molar-refractivity contribution in [2.75, 3.05) is 25.9 Å². The van der Waals surface area contributed by atoms with Crippen LogP contribution in [0.5, 0.6) is 5.75 Å². The Morgan fingerprint density at radius 3 is 2.48 bits per heavy atom. The fourth-order valence-electron chi connectivity index (χ4n) is 1.93. The molecule has 0 bridgehead atoms. The van der Waals surface area contributed by atoms with E-state index in [-0.39, 0.29) is 12.5 Å². The number of hydrogen-bond donors (Lipinski definition) is 1. The number of para-hydroxylation sites is 2. The summed E-state index contributed by atoms with van der Waals surface area (Å²) in [5, 5.41) is 0. The third-order valence-electron chi connectivity index (χ3n) is 3.27. The molecule has 0 aromatic heterocycles. The Labute approximate surface area is 125 Å². The number of hydrogen-bond acceptors (Lipinski definition) is 3. The molecule has 110 valence electrons. The molecule has 0 atom stereocenters. The lowest BCUT2D eigenvalue weighted by molar-refractivity contribution is -0.132. The summed E-state index contributed by atoms with van der Waals surface area (Å²) >= 11 is 0. The molecular weight excluding hydrogens is 264 g/mol. The number of nitrogen functional groups attached to an aromatic ring is 1. The van der Waals surface area contributed by atoms with Gasteiger partial charge in [-0.05, 0) is 24.1 Å². The number of nitrogens with two attached hydrogens (primary N) is 1. The van der Waals surface area contributed by atoms with E-state index in [0.717, 1.165) is 6.42 Å². The quantitative estimate of drug-likeness (QED) is 0.828. The number of likely N-dealkylation sites (N-methyl/N-ethyl adjacent to an activating group) is 1. The van der Waals surface area contributed by atoms with Crippen molar-refractivity contribution < 1.29 is 9.53 Å². The van der Waals surface area contributed by atoms with E-state index in [2.05, 4.69) is 12.1 Å². The third kappa shape index (κ3) is 4.53. The monoisotopic (exact) mass is 284 g/mol. The molecule has 2 aromatic carbocycles. The van der Waals surface area contributed by atoms with Crippen molar-refractivity contribution in [2.45, 2.75) is 6.42 Å². The van der Waals surface area contributed by atoms with Gasteiger partial charge >= 0.3 is 0 Å². The van der Waals surface area contributed by atoms with E-state index >= 15 is 0 Å². The van der Waals surface area contributed by atoms with Crippen LogP contribution in [-0.2, 0) is 11.2 Å². The van der Waals surface area contributed by atoms with Crippen molar-refractivity contribution in [2.24, 2.45) is 0 Å². The first-order valence-corrected chi connectivity index (χ1v) is 6.92. The summed E-state index contributed by atoms with van der Waals surface area (Å²) in [6.07, 6.45) is 0.830. The van der Waals surface area contributed by atoms with Gasteiger partial charge in [0.25, 0.3) is 5.91 Å². The molecule has 2 N–H and O–H groups in total. The second-order valence-corrected chi connectivity index (χ2v) is 4.88. The number of rotatable bonds is 6. The molecule has 0 aliphatic heterocycles. The van der Waals surface area contributed by atoms with Gasteiger partial charge in [-0.15, -0.1) is 0 Å². The Balaban J connectivity index is 1.79. The van der Waals surface area contributed by atoms with E-state index in [1.165, 1.54) is 5.56 Å². The van der Waals surface area contributed by atoms with E-state index in [9.17, 15) is 4.79 Å². The van der Waals surface area contributed by atoms with Gasteiger partial charge in [0.15, 0.2) is 6.61 Å². The predicted octanol–water partition coefficient (Wildman–Crippen LogP) is 2.35. The first-order chi connectivity index (χ1) is 10.2. The van der Waals surface area contributed by atoms with Gasteiger partial charge in [0, 0.05) is 13.6 Å². The van der Waals surface area contributed by atoms with E-state index in [1.54, 1.807) is 24.1 Å². The molecule has 4 heteroatoms.